The van der Waals surface area contributed by atoms with Gasteiger partial charge in [0.1, 0.15) is 0 Å². The summed E-state index contributed by atoms with van der Waals surface area (Å²) in [5, 5.41) is 9.41. The van der Waals surface area contributed by atoms with Crippen LogP contribution >= 0.6 is 0 Å². The van der Waals surface area contributed by atoms with E-state index in [4.69, 9.17) is 0 Å². The number of aromatic nitrogens is 2. The number of rotatable bonds is 4. The topological polar surface area (TPSA) is 75.4 Å². The average molecular weight is 265 g/mol. The van der Waals surface area contributed by atoms with Crippen molar-refractivity contribution in [2.45, 2.75) is 38.3 Å². The van der Waals surface area contributed by atoms with Crippen LogP contribution < -0.4 is 5.56 Å². The lowest BCUT2D eigenvalue weighted by Crippen LogP contribution is -2.48. The van der Waals surface area contributed by atoms with Crippen LogP contribution in [0, 0.1) is 0 Å². The average Bonchev–Trinajstić information content (AvgIpc) is 2.80. The van der Waals surface area contributed by atoms with E-state index in [1.165, 1.54) is 23.2 Å². The zero-order valence-corrected chi connectivity index (χ0v) is 11.1. The Balaban J connectivity index is 1.99. The molecular formula is C13H19N3O3. The Hall–Kier alpha value is -1.69. The van der Waals surface area contributed by atoms with Crippen LogP contribution in [0.15, 0.2) is 23.4 Å². The van der Waals surface area contributed by atoms with Crippen LogP contribution in [0.1, 0.15) is 26.2 Å². The van der Waals surface area contributed by atoms with Crippen molar-refractivity contribution in [2.24, 2.45) is 0 Å². The summed E-state index contributed by atoms with van der Waals surface area (Å²) >= 11 is 0. The summed E-state index contributed by atoms with van der Waals surface area (Å²) in [6, 6.07) is 1.37. The first-order valence-electron chi connectivity index (χ1n) is 6.49. The fourth-order valence-electron chi connectivity index (χ4n) is 2.51. The Kier molecular flexibility index (Phi) is 3.99. The van der Waals surface area contributed by atoms with Crippen molar-refractivity contribution in [1.82, 2.24) is 14.5 Å². The maximum absolute atomic E-state index is 12.2. The van der Waals surface area contributed by atoms with Crippen LogP contribution in [0.3, 0.4) is 0 Å². The molecule has 1 aromatic heterocycles. The van der Waals surface area contributed by atoms with Crippen LogP contribution in [0.4, 0.5) is 0 Å². The Morgan fingerprint density at radius 2 is 2.37 bits per heavy atom. The fourth-order valence-corrected chi connectivity index (χ4v) is 2.51. The number of hydrogen-bond acceptors (Lipinski definition) is 4. The molecule has 1 saturated heterocycles. The molecular weight excluding hydrogens is 246 g/mol. The molecule has 1 aliphatic heterocycles. The molecule has 0 spiro atoms. The number of aliphatic hydroxyl groups is 1. The normalized spacial score (nSPS) is 22.7. The lowest BCUT2D eigenvalue weighted by Gasteiger charge is -2.33. The molecule has 0 bridgehead atoms. The van der Waals surface area contributed by atoms with Gasteiger partial charge in [0.15, 0.2) is 0 Å². The number of aryl methyl sites for hydroxylation is 1. The predicted octanol–water partition coefficient (Wildman–Crippen LogP) is 0.00680. The SMILES string of the molecule is CC1(CO)CCCN1C(=O)CCn1cnccc1=O. The van der Waals surface area contributed by atoms with Gasteiger partial charge in [0.2, 0.25) is 5.91 Å². The lowest BCUT2D eigenvalue weighted by atomic mass is 10.0. The van der Waals surface area contributed by atoms with Gasteiger partial charge >= 0.3 is 0 Å². The molecule has 0 aliphatic carbocycles. The number of aliphatic hydroxyl groups excluding tert-OH is 1. The first-order valence-corrected chi connectivity index (χ1v) is 6.49. The summed E-state index contributed by atoms with van der Waals surface area (Å²) in [6.07, 6.45) is 4.85. The van der Waals surface area contributed by atoms with Crippen molar-refractivity contribution in [2.75, 3.05) is 13.2 Å². The highest BCUT2D eigenvalue weighted by molar-refractivity contribution is 5.77. The van der Waals surface area contributed by atoms with E-state index in [-0.39, 0.29) is 24.5 Å². The monoisotopic (exact) mass is 265 g/mol. The smallest absolute Gasteiger partial charge is 0.253 e. The van der Waals surface area contributed by atoms with Crippen molar-refractivity contribution in [1.29, 1.82) is 0 Å². The molecule has 1 aromatic rings. The molecule has 1 unspecified atom stereocenters. The molecule has 19 heavy (non-hydrogen) atoms. The molecule has 2 rings (SSSR count). The summed E-state index contributed by atoms with van der Waals surface area (Å²) in [5.41, 5.74) is -0.606. The molecule has 1 fully saturated rings. The fraction of sp³-hybridized carbons (Fsp3) is 0.615. The highest BCUT2D eigenvalue weighted by Gasteiger charge is 2.38. The van der Waals surface area contributed by atoms with E-state index in [0.717, 1.165) is 12.8 Å². The minimum absolute atomic E-state index is 0.0222. The van der Waals surface area contributed by atoms with Crippen molar-refractivity contribution < 1.29 is 9.90 Å². The van der Waals surface area contributed by atoms with Crippen molar-refractivity contribution in [3.05, 3.63) is 28.9 Å². The standard InChI is InChI=1S/C13H19N3O3/c1-13(9-17)5-2-7-16(13)12(19)4-8-15-10-14-6-3-11(15)18/h3,6,10,17H,2,4-5,7-9H2,1H3. The van der Waals surface area contributed by atoms with Gasteiger partial charge in [-0.3, -0.25) is 14.2 Å². The van der Waals surface area contributed by atoms with Crippen molar-refractivity contribution >= 4 is 5.91 Å². The molecule has 6 nitrogen and oxygen atoms in total. The predicted molar refractivity (Wildman–Crippen MR) is 69.6 cm³/mol. The van der Waals surface area contributed by atoms with E-state index >= 15 is 0 Å². The highest BCUT2D eigenvalue weighted by atomic mass is 16.3. The molecule has 2 heterocycles. The van der Waals surface area contributed by atoms with Crippen molar-refractivity contribution in [3.63, 3.8) is 0 Å². The van der Waals surface area contributed by atoms with Crippen LogP contribution in [0.25, 0.3) is 0 Å². The van der Waals surface area contributed by atoms with Gasteiger partial charge < -0.3 is 10.0 Å². The zero-order chi connectivity index (χ0) is 13.9. The number of carbonyl (C=O) groups excluding carboxylic acids is 1. The lowest BCUT2D eigenvalue weighted by molar-refractivity contribution is -0.136. The minimum atomic E-state index is -0.447. The third kappa shape index (κ3) is 2.84. The molecule has 1 atom stereocenters. The third-order valence-corrected chi connectivity index (χ3v) is 3.75. The maximum Gasteiger partial charge on any atom is 0.253 e. The van der Waals surface area contributed by atoms with Crippen LogP contribution in [-0.4, -0.2) is 44.2 Å². The summed E-state index contributed by atoms with van der Waals surface area (Å²) in [7, 11) is 0. The Morgan fingerprint density at radius 3 is 3.05 bits per heavy atom. The van der Waals surface area contributed by atoms with E-state index in [2.05, 4.69) is 4.98 Å². The van der Waals surface area contributed by atoms with E-state index < -0.39 is 5.54 Å². The van der Waals surface area contributed by atoms with Crippen LogP contribution in [-0.2, 0) is 11.3 Å². The molecule has 1 amide bonds. The highest BCUT2D eigenvalue weighted by Crippen LogP contribution is 2.28. The number of nitrogens with zero attached hydrogens (tertiary/aromatic N) is 3. The third-order valence-electron chi connectivity index (χ3n) is 3.75. The molecule has 0 aromatic carbocycles. The Labute approximate surface area is 111 Å². The van der Waals surface area contributed by atoms with Crippen LogP contribution in [0.2, 0.25) is 0 Å². The summed E-state index contributed by atoms with van der Waals surface area (Å²) < 4.78 is 1.42. The second-order valence-corrected chi connectivity index (χ2v) is 5.17. The quantitative estimate of drug-likeness (QED) is 0.832. The second-order valence-electron chi connectivity index (χ2n) is 5.17. The van der Waals surface area contributed by atoms with E-state index in [0.29, 0.717) is 13.1 Å². The minimum Gasteiger partial charge on any atom is -0.394 e. The van der Waals surface area contributed by atoms with Gasteiger partial charge in [0.05, 0.1) is 18.5 Å². The number of amides is 1. The zero-order valence-electron chi connectivity index (χ0n) is 11.1. The van der Waals surface area contributed by atoms with E-state index in [9.17, 15) is 14.7 Å². The van der Waals surface area contributed by atoms with Gasteiger partial charge in [-0.05, 0) is 19.8 Å². The summed E-state index contributed by atoms with van der Waals surface area (Å²) in [4.78, 5) is 29.3. The van der Waals surface area contributed by atoms with Gasteiger partial charge in [-0.15, -0.1) is 0 Å². The molecule has 104 valence electrons. The number of carbonyl (C=O) groups is 1. The second kappa shape index (κ2) is 5.52. The van der Waals surface area contributed by atoms with Gasteiger partial charge in [-0.1, -0.05) is 0 Å². The Bertz CT molecular complexity index is 514. The van der Waals surface area contributed by atoms with Gasteiger partial charge in [0.25, 0.3) is 5.56 Å². The largest absolute Gasteiger partial charge is 0.394 e. The van der Waals surface area contributed by atoms with Gasteiger partial charge in [0, 0.05) is 31.8 Å². The maximum atomic E-state index is 12.2. The van der Waals surface area contributed by atoms with Gasteiger partial charge in [-0.2, -0.15) is 0 Å². The number of hydrogen-bond donors (Lipinski definition) is 1. The summed E-state index contributed by atoms with van der Waals surface area (Å²) in [6.45, 7) is 2.88. The van der Waals surface area contributed by atoms with Crippen molar-refractivity contribution in [3.8, 4) is 0 Å². The van der Waals surface area contributed by atoms with E-state index in [1.807, 2.05) is 6.92 Å². The molecule has 1 aliphatic rings. The first kappa shape index (κ1) is 13.7. The Morgan fingerprint density at radius 1 is 1.58 bits per heavy atom. The molecule has 0 saturated carbocycles. The molecule has 0 radical (unpaired) electrons. The number of likely N-dealkylation sites (tertiary alicyclic amines) is 1. The summed E-state index contributed by atoms with van der Waals surface area (Å²) in [5.74, 6) is -0.0233. The van der Waals surface area contributed by atoms with E-state index in [1.54, 1.807) is 4.90 Å². The molecule has 1 N–H and O–H groups in total. The van der Waals surface area contributed by atoms with Gasteiger partial charge in [-0.25, -0.2) is 4.98 Å². The molecule has 6 heteroatoms. The van der Waals surface area contributed by atoms with Crippen LogP contribution in [0.5, 0.6) is 0 Å². The first-order chi connectivity index (χ1) is 9.07.